The number of anilines is 3. The van der Waals surface area contributed by atoms with Gasteiger partial charge in [0.1, 0.15) is 0 Å². The molecular formula is C62H79N5. The van der Waals surface area contributed by atoms with Crippen molar-refractivity contribution in [2.24, 2.45) is 35.5 Å². The fraction of sp³-hybridized carbons (Fsp3) is 0.516. The van der Waals surface area contributed by atoms with Crippen molar-refractivity contribution in [3.63, 3.8) is 0 Å². The number of unbranched alkanes of at least 4 members (excludes halogenated alkanes) is 3. The molecule has 9 atom stereocenters. The Labute approximate surface area is 404 Å². The minimum atomic E-state index is 0.186. The molecule has 5 nitrogen and oxygen atoms in total. The maximum absolute atomic E-state index is 4.17. The second kappa shape index (κ2) is 20.3. The van der Waals surface area contributed by atoms with Crippen molar-refractivity contribution in [2.45, 2.75) is 133 Å². The van der Waals surface area contributed by atoms with Gasteiger partial charge in [-0.2, -0.15) is 0 Å². The van der Waals surface area contributed by atoms with Crippen molar-refractivity contribution in [1.29, 1.82) is 0 Å². The van der Waals surface area contributed by atoms with Crippen LogP contribution in [-0.4, -0.2) is 55.2 Å². The van der Waals surface area contributed by atoms with E-state index in [-0.39, 0.29) is 5.54 Å². The van der Waals surface area contributed by atoms with Crippen LogP contribution < -0.4 is 20.4 Å². The Hall–Kier alpha value is -4.42. The van der Waals surface area contributed by atoms with Gasteiger partial charge >= 0.3 is 0 Å². The molecule has 5 saturated heterocycles. The predicted octanol–water partition coefficient (Wildman–Crippen LogP) is 14.0. The van der Waals surface area contributed by atoms with E-state index in [4.69, 9.17) is 0 Å². The van der Waals surface area contributed by atoms with E-state index in [9.17, 15) is 0 Å². The van der Waals surface area contributed by atoms with E-state index in [0.29, 0.717) is 41.9 Å². The number of hydrogen-bond acceptors (Lipinski definition) is 5. The Morgan fingerprint density at radius 3 is 1.81 bits per heavy atom. The quantitative estimate of drug-likeness (QED) is 0.109. The summed E-state index contributed by atoms with van der Waals surface area (Å²) in [4.78, 5) is 8.76. The Bertz CT molecular complexity index is 2270. The first-order valence-electron chi connectivity index (χ1n) is 27.3. The summed E-state index contributed by atoms with van der Waals surface area (Å²) in [6, 6.07) is 55.6. The minimum absolute atomic E-state index is 0.186. The molecule has 2 N–H and O–H groups in total. The molecule has 5 aromatic carbocycles. The molecule has 0 radical (unpaired) electrons. The molecule has 9 unspecified atom stereocenters. The summed E-state index contributed by atoms with van der Waals surface area (Å²) in [6.45, 7) is 10.3. The highest BCUT2D eigenvalue weighted by molar-refractivity contribution is 5.69. The monoisotopic (exact) mass is 894 g/mol. The number of benzene rings is 5. The van der Waals surface area contributed by atoms with E-state index < -0.39 is 0 Å². The molecule has 4 bridgehead atoms. The molecular weight excluding hydrogens is 815 g/mol. The zero-order valence-corrected chi connectivity index (χ0v) is 40.8. The Kier molecular flexibility index (Phi) is 13.6. The van der Waals surface area contributed by atoms with Gasteiger partial charge in [-0.3, -0.25) is 4.90 Å². The molecule has 67 heavy (non-hydrogen) atoms. The van der Waals surface area contributed by atoms with E-state index in [1.807, 2.05) is 0 Å². The van der Waals surface area contributed by atoms with Crippen LogP contribution in [0.25, 0.3) is 11.1 Å². The summed E-state index contributed by atoms with van der Waals surface area (Å²) in [5, 5.41) is 8.02. The van der Waals surface area contributed by atoms with Gasteiger partial charge in [0.2, 0.25) is 0 Å². The smallest absolute Gasteiger partial charge is 0.0479 e. The van der Waals surface area contributed by atoms with Crippen LogP contribution in [-0.2, 0) is 0 Å². The summed E-state index contributed by atoms with van der Waals surface area (Å²) in [7, 11) is 0. The third-order valence-electron chi connectivity index (χ3n) is 18.5. The molecule has 7 fully saturated rings. The third-order valence-corrected chi connectivity index (χ3v) is 18.5. The number of nitrogens with one attached hydrogen (secondary N) is 2. The summed E-state index contributed by atoms with van der Waals surface area (Å²) >= 11 is 0. The molecule has 0 amide bonds. The molecule has 7 aliphatic rings. The standard InChI is InChI=1S/C62H79N5/c1-3-5-6-16-38-65-59(48-18-10-7-11-19-48)43-64-44-60(65)49-28-26-46(27-29-49)47-30-34-54(35-31-47)67-61-56-41-63-42-57(61)58-40-55(66(52-20-12-8-13-21-52)53-22-14-9-15-23-53)36-37-62(58,67)51-32-24-45(25-33-51)39-50(56)17-4-2/h7-15,18-23,26-31,34-35,45,50-51,55-61,63-64H,3-6,16-17,24-25,32-33,36-44H2,1-2H3. The zero-order valence-electron chi connectivity index (χ0n) is 40.8. The van der Waals surface area contributed by atoms with E-state index in [1.54, 1.807) is 0 Å². The largest absolute Gasteiger partial charge is 0.362 e. The zero-order chi connectivity index (χ0) is 45.2. The van der Waals surface area contributed by atoms with Crippen LogP contribution in [0.15, 0.2) is 140 Å². The number of para-hydroxylation sites is 2. The molecule has 1 spiro atoms. The molecule has 5 heterocycles. The van der Waals surface area contributed by atoms with Crippen molar-refractivity contribution in [2.75, 3.05) is 42.5 Å². The van der Waals surface area contributed by atoms with Crippen LogP contribution >= 0.6 is 0 Å². The second-order valence-corrected chi connectivity index (χ2v) is 22.0. The Morgan fingerprint density at radius 2 is 1.16 bits per heavy atom. The van der Waals surface area contributed by atoms with Crippen molar-refractivity contribution in [3.05, 3.63) is 151 Å². The van der Waals surface area contributed by atoms with E-state index in [0.717, 1.165) is 43.9 Å². The number of nitrogens with zero attached hydrogens (tertiary/aromatic N) is 3. The van der Waals surface area contributed by atoms with Gasteiger partial charge in [-0.25, -0.2) is 0 Å². The number of piperazine rings is 1. The number of piperidine rings is 1. The van der Waals surface area contributed by atoms with Crippen LogP contribution in [0, 0.1) is 35.5 Å². The highest BCUT2D eigenvalue weighted by Crippen LogP contribution is 2.63. The number of fused-ring (bicyclic) bond motifs is 4. The fourth-order valence-corrected chi connectivity index (χ4v) is 15.7. The summed E-state index contributed by atoms with van der Waals surface area (Å²) in [5.41, 5.74) is 9.91. The van der Waals surface area contributed by atoms with Crippen LogP contribution in [0.5, 0.6) is 0 Å². The lowest BCUT2D eigenvalue weighted by molar-refractivity contribution is 0.0705. The lowest BCUT2D eigenvalue weighted by atomic mass is 9.58. The first-order valence-corrected chi connectivity index (χ1v) is 27.3. The van der Waals surface area contributed by atoms with Gasteiger partial charge in [-0.05, 0) is 146 Å². The van der Waals surface area contributed by atoms with Crippen molar-refractivity contribution >= 4 is 17.1 Å². The van der Waals surface area contributed by atoms with E-state index in [1.165, 1.54) is 136 Å². The summed E-state index contributed by atoms with van der Waals surface area (Å²) < 4.78 is 0. The van der Waals surface area contributed by atoms with Gasteiger partial charge in [0.15, 0.2) is 0 Å². The molecule has 0 aromatic heterocycles. The van der Waals surface area contributed by atoms with Gasteiger partial charge in [-0.15, -0.1) is 0 Å². The highest BCUT2D eigenvalue weighted by Gasteiger charge is 2.66. The van der Waals surface area contributed by atoms with Gasteiger partial charge in [0.05, 0.1) is 0 Å². The number of rotatable bonds is 14. The molecule has 12 rings (SSSR count). The van der Waals surface area contributed by atoms with E-state index >= 15 is 0 Å². The second-order valence-electron chi connectivity index (χ2n) is 22.0. The molecule has 2 aliphatic carbocycles. The Balaban J connectivity index is 0.926. The first-order chi connectivity index (χ1) is 33.1. The van der Waals surface area contributed by atoms with Gasteiger partial charge in [0.25, 0.3) is 0 Å². The van der Waals surface area contributed by atoms with Crippen LogP contribution in [0.1, 0.15) is 127 Å². The summed E-state index contributed by atoms with van der Waals surface area (Å²) in [5.74, 6) is 4.44. The topological polar surface area (TPSA) is 33.8 Å². The molecule has 5 heteroatoms. The van der Waals surface area contributed by atoms with Crippen LogP contribution in [0.4, 0.5) is 17.1 Å². The third kappa shape index (κ3) is 8.69. The van der Waals surface area contributed by atoms with E-state index in [2.05, 4.69) is 179 Å². The van der Waals surface area contributed by atoms with Gasteiger partial charge in [0, 0.05) is 72.9 Å². The lowest BCUT2D eigenvalue weighted by Crippen LogP contribution is -2.62. The van der Waals surface area contributed by atoms with Crippen LogP contribution in [0.2, 0.25) is 0 Å². The van der Waals surface area contributed by atoms with Crippen molar-refractivity contribution in [1.82, 2.24) is 15.5 Å². The first kappa shape index (κ1) is 45.0. The number of hydrogen-bond donors (Lipinski definition) is 2. The fourth-order valence-electron chi connectivity index (χ4n) is 15.7. The molecule has 2 saturated carbocycles. The van der Waals surface area contributed by atoms with Gasteiger partial charge < -0.3 is 20.4 Å². The average molecular weight is 894 g/mol. The molecule has 5 aliphatic heterocycles. The predicted molar refractivity (Wildman–Crippen MR) is 281 cm³/mol. The lowest BCUT2D eigenvalue weighted by Gasteiger charge is -2.57. The van der Waals surface area contributed by atoms with Crippen LogP contribution in [0.3, 0.4) is 0 Å². The van der Waals surface area contributed by atoms with Crippen molar-refractivity contribution < 1.29 is 0 Å². The van der Waals surface area contributed by atoms with Crippen molar-refractivity contribution in [3.8, 4) is 11.1 Å². The SMILES string of the molecule is CCCCCCN1C(c2ccccc2)CNCC1c1ccc(-c2ccc(N3C4C5CNCC4C4CC(N(c6ccccc6)c6ccccc6)CCC43C3CCC(CC3)CC5CCC)cc2)cc1. The minimum Gasteiger partial charge on any atom is -0.362 e. The average Bonchev–Trinajstić information content (AvgIpc) is 3.69. The molecule has 352 valence electrons. The summed E-state index contributed by atoms with van der Waals surface area (Å²) in [6.07, 6.45) is 18.7. The highest BCUT2D eigenvalue weighted by atomic mass is 15.3. The van der Waals surface area contributed by atoms with Gasteiger partial charge in [-0.1, -0.05) is 162 Å². The Morgan fingerprint density at radius 1 is 0.567 bits per heavy atom. The molecule has 5 aromatic rings. The maximum Gasteiger partial charge on any atom is 0.0479 e. The normalized spacial score (nSPS) is 31.6. The maximum atomic E-state index is 4.17.